The molecule has 0 atom stereocenters. The van der Waals surface area contributed by atoms with Crippen molar-refractivity contribution in [2.75, 3.05) is 23.3 Å². The molecule has 40 heavy (non-hydrogen) atoms. The molecule has 1 aliphatic heterocycles. The molecular formula is C30H26N6O4. The van der Waals surface area contributed by atoms with Gasteiger partial charge in [-0.15, -0.1) is 0 Å². The van der Waals surface area contributed by atoms with E-state index in [1.807, 2.05) is 48.5 Å². The van der Waals surface area contributed by atoms with Crippen molar-refractivity contribution in [2.24, 2.45) is 0 Å². The summed E-state index contributed by atoms with van der Waals surface area (Å²) in [4.78, 5) is 38.8. The first-order chi connectivity index (χ1) is 19.4. The van der Waals surface area contributed by atoms with Crippen LogP contribution < -0.4 is 15.5 Å². The van der Waals surface area contributed by atoms with Crippen LogP contribution in [0.25, 0.3) is 0 Å². The second kappa shape index (κ2) is 11.5. The Labute approximate surface area is 230 Å². The summed E-state index contributed by atoms with van der Waals surface area (Å²) in [7, 11) is 0. The minimum Gasteiger partial charge on any atom is -0.465 e. The highest BCUT2D eigenvalue weighted by Crippen LogP contribution is 2.25. The smallest absolute Gasteiger partial charge is 0.404 e. The third-order valence-electron chi connectivity index (χ3n) is 6.65. The molecule has 10 nitrogen and oxygen atoms in total. The van der Waals surface area contributed by atoms with Gasteiger partial charge in [-0.05, 0) is 59.9 Å². The van der Waals surface area contributed by atoms with Crippen LogP contribution >= 0.6 is 0 Å². The second-order valence-electron chi connectivity index (χ2n) is 9.38. The van der Waals surface area contributed by atoms with E-state index in [0.29, 0.717) is 43.7 Å². The number of benzene rings is 3. The lowest BCUT2D eigenvalue weighted by Gasteiger charge is -2.28. The zero-order valence-electron chi connectivity index (χ0n) is 21.5. The maximum atomic E-state index is 13.5. The second-order valence-corrected chi connectivity index (χ2v) is 9.38. The minimum absolute atomic E-state index is 0.173. The Balaban J connectivity index is 1.27. The van der Waals surface area contributed by atoms with E-state index < -0.39 is 12.0 Å². The van der Waals surface area contributed by atoms with Gasteiger partial charge in [0.25, 0.3) is 11.8 Å². The quantitative estimate of drug-likeness (QED) is 0.311. The van der Waals surface area contributed by atoms with Crippen molar-refractivity contribution < 1.29 is 19.5 Å². The van der Waals surface area contributed by atoms with Crippen molar-refractivity contribution in [2.45, 2.75) is 19.4 Å². The molecule has 0 spiro atoms. The molecule has 3 aromatic carbocycles. The molecule has 0 fully saturated rings. The number of rotatable bonds is 8. The molecule has 0 radical (unpaired) electrons. The number of nitrogens with zero attached hydrogens (tertiary/aromatic N) is 4. The highest BCUT2D eigenvalue weighted by Gasteiger charge is 2.32. The Morgan fingerprint density at radius 1 is 0.975 bits per heavy atom. The number of nitrogens with one attached hydrogen (secondary N) is 2. The lowest BCUT2D eigenvalue weighted by molar-refractivity contribution is 0.0946. The third-order valence-corrected chi connectivity index (χ3v) is 6.65. The van der Waals surface area contributed by atoms with E-state index in [2.05, 4.69) is 21.8 Å². The predicted molar refractivity (Wildman–Crippen MR) is 148 cm³/mol. The molecule has 0 saturated carbocycles. The molecule has 5 rings (SSSR count). The molecule has 0 unspecified atom stereocenters. The number of carbonyl (C=O) groups excluding carboxylic acids is 2. The largest absolute Gasteiger partial charge is 0.465 e. The van der Waals surface area contributed by atoms with Crippen LogP contribution in [-0.2, 0) is 19.4 Å². The summed E-state index contributed by atoms with van der Waals surface area (Å²) in [5.74, 6) is -0.780. The number of fused-ring (bicyclic) bond motifs is 1. The Bertz CT molecular complexity index is 1620. The average molecular weight is 535 g/mol. The molecule has 200 valence electrons. The fraction of sp³-hybridized carbons (Fsp3) is 0.167. The number of carbonyl (C=O) groups is 3. The molecule has 3 N–H and O–H groups in total. The number of amides is 3. The minimum atomic E-state index is -1.03. The zero-order valence-corrected chi connectivity index (χ0v) is 21.5. The molecule has 1 aliphatic rings. The van der Waals surface area contributed by atoms with Crippen LogP contribution in [0.5, 0.6) is 0 Å². The van der Waals surface area contributed by atoms with Crippen LogP contribution in [0.1, 0.15) is 43.1 Å². The van der Waals surface area contributed by atoms with E-state index in [1.165, 1.54) is 6.20 Å². The molecule has 4 aromatic rings. The summed E-state index contributed by atoms with van der Waals surface area (Å²) in [6.07, 6.45) is 1.67. The molecule has 0 saturated heterocycles. The van der Waals surface area contributed by atoms with Crippen molar-refractivity contribution >= 4 is 29.3 Å². The Hall–Kier alpha value is -5.43. The summed E-state index contributed by atoms with van der Waals surface area (Å²) in [6.45, 7) is 1.22. The van der Waals surface area contributed by atoms with Crippen molar-refractivity contribution in [3.05, 3.63) is 113 Å². The molecule has 2 heterocycles. The van der Waals surface area contributed by atoms with Crippen molar-refractivity contribution in [1.82, 2.24) is 15.1 Å². The Morgan fingerprint density at radius 3 is 2.52 bits per heavy atom. The topological polar surface area (TPSA) is 140 Å². The summed E-state index contributed by atoms with van der Waals surface area (Å²) in [6, 6.07) is 24.4. The molecular weight excluding hydrogens is 508 g/mol. The first-order valence-corrected chi connectivity index (χ1v) is 12.7. The summed E-state index contributed by atoms with van der Waals surface area (Å²) < 4.78 is 1.55. The fourth-order valence-corrected chi connectivity index (χ4v) is 4.72. The highest BCUT2D eigenvalue weighted by molar-refractivity contribution is 6.15. The molecule has 0 bridgehead atoms. The molecule has 3 amide bonds. The van der Waals surface area contributed by atoms with Gasteiger partial charge >= 0.3 is 6.09 Å². The van der Waals surface area contributed by atoms with Crippen LogP contribution in [0, 0.1) is 11.3 Å². The van der Waals surface area contributed by atoms with E-state index in [0.717, 1.165) is 22.4 Å². The number of nitriles is 1. The standard InChI is InChI=1S/C30H26N6O4/c31-18-23-5-2-6-24(17-23)34-28(37)26-19-33-36-14-13-35(29(38)27(26)36)25-9-7-21(8-10-25)16-22-4-1-3-20(15-22)11-12-32-30(39)40/h1-10,15,17,19,32H,11-14,16H2,(H,34,37)(H,39,40). The number of hydrogen-bond donors (Lipinski definition) is 3. The average Bonchev–Trinajstić information content (AvgIpc) is 3.39. The SMILES string of the molecule is N#Cc1cccc(NC(=O)c2cnn3c2C(=O)N(c2ccc(Cc4cccc(CCNC(=O)O)c4)cc2)CC3)c1. The molecule has 1 aromatic heterocycles. The Kier molecular flexibility index (Phi) is 7.55. The maximum absolute atomic E-state index is 13.5. The summed E-state index contributed by atoms with van der Waals surface area (Å²) in [5.41, 5.74) is 5.22. The lowest BCUT2D eigenvalue weighted by Crippen LogP contribution is -2.41. The van der Waals surface area contributed by atoms with Crippen LogP contribution in [0.2, 0.25) is 0 Å². The van der Waals surface area contributed by atoms with Crippen LogP contribution in [0.3, 0.4) is 0 Å². The van der Waals surface area contributed by atoms with Gasteiger partial charge in [-0.2, -0.15) is 10.4 Å². The van der Waals surface area contributed by atoms with Gasteiger partial charge < -0.3 is 20.6 Å². The van der Waals surface area contributed by atoms with Gasteiger partial charge in [0.1, 0.15) is 5.69 Å². The lowest BCUT2D eigenvalue weighted by atomic mass is 10.0. The van der Waals surface area contributed by atoms with Gasteiger partial charge in [-0.1, -0.05) is 42.5 Å². The third kappa shape index (κ3) is 5.84. The highest BCUT2D eigenvalue weighted by atomic mass is 16.4. The number of anilines is 2. The zero-order chi connectivity index (χ0) is 28.1. The Morgan fingerprint density at radius 2 is 1.75 bits per heavy atom. The van der Waals surface area contributed by atoms with Gasteiger partial charge in [-0.25, -0.2) is 4.79 Å². The number of carboxylic acid groups (broad SMARTS) is 1. The predicted octanol–water partition coefficient (Wildman–Crippen LogP) is 4.07. The van der Waals surface area contributed by atoms with Gasteiger partial charge in [0, 0.05) is 24.5 Å². The van der Waals surface area contributed by atoms with Crippen LogP contribution in [-0.4, -0.2) is 45.9 Å². The summed E-state index contributed by atoms with van der Waals surface area (Å²) in [5, 5.41) is 27.2. The van der Waals surface area contributed by atoms with E-state index in [-0.39, 0.29) is 17.2 Å². The van der Waals surface area contributed by atoms with E-state index in [1.54, 1.807) is 33.8 Å². The first kappa shape index (κ1) is 26.2. The van der Waals surface area contributed by atoms with E-state index >= 15 is 0 Å². The fourth-order valence-electron chi connectivity index (χ4n) is 4.72. The van der Waals surface area contributed by atoms with Crippen molar-refractivity contribution in [1.29, 1.82) is 5.26 Å². The first-order valence-electron chi connectivity index (χ1n) is 12.7. The van der Waals surface area contributed by atoms with Gasteiger partial charge in [-0.3, -0.25) is 14.3 Å². The number of hydrogen-bond acceptors (Lipinski definition) is 5. The summed E-state index contributed by atoms with van der Waals surface area (Å²) >= 11 is 0. The van der Waals surface area contributed by atoms with E-state index in [4.69, 9.17) is 10.4 Å². The van der Waals surface area contributed by atoms with Crippen molar-refractivity contribution in [3.8, 4) is 6.07 Å². The maximum Gasteiger partial charge on any atom is 0.404 e. The van der Waals surface area contributed by atoms with Gasteiger partial charge in [0.15, 0.2) is 0 Å². The van der Waals surface area contributed by atoms with Crippen LogP contribution in [0.15, 0.2) is 79.0 Å². The number of aromatic nitrogens is 2. The normalized spacial score (nSPS) is 12.4. The molecule has 10 heteroatoms. The van der Waals surface area contributed by atoms with E-state index in [9.17, 15) is 14.4 Å². The van der Waals surface area contributed by atoms with Crippen LogP contribution in [0.4, 0.5) is 16.2 Å². The van der Waals surface area contributed by atoms with Crippen molar-refractivity contribution in [3.63, 3.8) is 0 Å². The molecule has 0 aliphatic carbocycles. The monoisotopic (exact) mass is 534 g/mol. The van der Waals surface area contributed by atoms with Gasteiger partial charge in [0.05, 0.1) is 29.9 Å². The van der Waals surface area contributed by atoms with Gasteiger partial charge in [0.2, 0.25) is 0 Å².